The molecule has 0 saturated carbocycles. The van der Waals surface area contributed by atoms with E-state index in [1.54, 1.807) is 0 Å². The van der Waals surface area contributed by atoms with Gasteiger partial charge in [0, 0.05) is 0 Å². The number of nitrogens with two attached hydrogens (primary N) is 1. The number of aromatic nitrogens is 3. The Balaban J connectivity index is 2.96. The van der Waals surface area contributed by atoms with Gasteiger partial charge in [-0.25, -0.2) is 0 Å². The van der Waals surface area contributed by atoms with Crippen LogP contribution in [0.15, 0.2) is 18.5 Å². The van der Waals surface area contributed by atoms with Crippen LogP contribution in [0.1, 0.15) is 0 Å². The molecule has 0 radical (unpaired) electrons. The first-order valence-electron chi connectivity index (χ1n) is 2.79. The molecule has 0 aliphatic rings. The van der Waals surface area contributed by atoms with E-state index in [4.69, 9.17) is 18.0 Å². The molecule has 1 rings (SSSR count). The van der Waals surface area contributed by atoms with E-state index in [2.05, 4.69) is 28.0 Å². The fourth-order valence-corrected chi connectivity index (χ4v) is 0.649. The van der Waals surface area contributed by atoms with Gasteiger partial charge in [-0.05, 0) is 0 Å². The van der Waals surface area contributed by atoms with E-state index in [1.165, 1.54) is 11.0 Å². The zero-order valence-electron chi connectivity index (χ0n) is 5.66. The fraction of sp³-hybridized carbons (Fsp3) is 0. The Morgan fingerprint density at radius 1 is 1.91 bits per heavy atom. The van der Waals surface area contributed by atoms with Crippen molar-refractivity contribution in [1.82, 2.24) is 15.1 Å². The van der Waals surface area contributed by atoms with Crippen LogP contribution < -0.4 is 11.2 Å². The highest BCUT2D eigenvalue weighted by molar-refractivity contribution is 7.71. The van der Waals surface area contributed by atoms with Crippen molar-refractivity contribution < 1.29 is 0 Å². The Kier molecular flexibility index (Phi) is 2.10. The number of hydrogen-bond donors (Lipinski definition) is 3. The van der Waals surface area contributed by atoms with Crippen molar-refractivity contribution in [1.29, 1.82) is 0 Å². The zero-order chi connectivity index (χ0) is 8.27. The van der Waals surface area contributed by atoms with Gasteiger partial charge in [-0.15, -0.1) is 10.8 Å². The quantitative estimate of drug-likeness (QED) is 0.441. The second-order valence-electron chi connectivity index (χ2n) is 1.72. The lowest BCUT2D eigenvalue weighted by atomic mass is 10.8. The lowest BCUT2D eigenvalue weighted by Gasteiger charge is -1.95. The van der Waals surface area contributed by atoms with Crippen molar-refractivity contribution in [2.75, 3.05) is 11.2 Å². The number of hydrogen-bond acceptors (Lipinski definition) is 4. The van der Waals surface area contributed by atoms with Gasteiger partial charge >= 0.3 is 0 Å². The summed E-state index contributed by atoms with van der Waals surface area (Å²) in [5.74, 6) is 0.282. The number of nitrogens with one attached hydrogen (secondary N) is 2. The maximum Gasteiger partial charge on any atom is 0.189 e. The second kappa shape index (κ2) is 3.05. The van der Waals surface area contributed by atoms with E-state index in [0.29, 0.717) is 4.64 Å². The summed E-state index contributed by atoms with van der Waals surface area (Å²) in [6.45, 7) is 3.36. The van der Waals surface area contributed by atoms with Crippen molar-refractivity contribution in [2.24, 2.45) is 0 Å². The predicted molar refractivity (Wildman–Crippen MR) is 44.9 cm³/mol. The minimum absolute atomic E-state index is 0.282. The number of aromatic amines is 1. The molecule has 0 amide bonds. The number of anilines is 1. The van der Waals surface area contributed by atoms with Crippen molar-refractivity contribution in [3.63, 3.8) is 0 Å². The van der Waals surface area contributed by atoms with Gasteiger partial charge < -0.3 is 5.73 Å². The van der Waals surface area contributed by atoms with E-state index >= 15 is 0 Å². The van der Waals surface area contributed by atoms with Crippen molar-refractivity contribution in [3.05, 3.63) is 23.2 Å². The fourth-order valence-electron chi connectivity index (χ4n) is 0.509. The average Bonchev–Trinajstić information content (AvgIpc) is 2.31. The minimum atomic E-state index is 0.282. The predicted octanol–water partition coefficient (Wildman–Crippen LogP) is 0.365. The van der Waals surface area contributed by atoms with Crippen LogP contribution in [0, 0.1) is 4.64 Å². The lowest BCUT2D eigenvalue weighted by Crippen LogP contribution is -2.09. The highest BCUT2D eigenvalue weighted by atomic mass is 32.1. The molecule has 4 N–H and O–H groups in total. The second-order valence-corrected chi connectivity index (χ2v) is 2.10. The van der Waals surface area contributed by atoms with Gasteiger partial charge in [-0.2, -0.15) is 10.0 Å². The maximum atomic E-state index is 5.36. The third-order valence-electron chi connectivity index (χ3n) is 0.988. The van der Waals surface area contributed by atoms with Crippen molar-refractivity contribution in [2.45, 2.75) is 0 Å². The Morgan fingerprint density at radius 2 is 2.64 bits per heavy atom. The van der Waals surface area contributed by atoms with E-state index < -0.39 is 0 Å². The first-order valence-corrected chi connectivity index (χ1v) is 3.20. The van der Waals surface area contributed by atoms with Gasteiger partial charge in [0.15, 0.2) is 10.5 Å². The summed E-state index contributed by atoms with van der Waals surface area (Å²) in [6.07, 6.45) is 1.48. The van der Waals surface area contributed by atoms with Crippen LogP contribution in [0.5, 0.6) is 0 Å². The number of H-pyrrole nitrogens is 1. The molecule has 0 atom stereocenters. The highest BCUT2D eigenvalue weighted by Gasteiger charge is 1.95. The molecule has 1 aromatic rings. The molecule has 5 nitrogen and oxygen atoms in total. The first-order chi connectivity index (χ1) is 5.25. The van der Waals surface area contributed by atoms with Gasteiger partial charge in [0.2, 0.25) is 0 Å². The standard InChI is InChI=1S/C5H7N5S/c1-2-3-7-10-5(11)4(6)8-9-10/h3,7,9H,1H2,(H2,6,8). The maximum absolute atomic E-state index is 5.36. The zero-order valence-corrected chi connectivity index (χ0v) is 6.48. The molecule has 58 valence electrons. The van der Waals surface area contributed by atoms with Gasteiger partial charge in [0.1, 0.15) is 0 Å². The van der Waals surface area contributed by atoms with E-state index in [-0.39, 0.29) is 5.82 Å². The molecule has 6 heteroatoms. The molecule has 1 aromatic heterocycles. The summed E-state index contributed by atoms with van der Waals surface area (Å²) in [6, 6.07) is 0. The number of nitrogen functional groups attached to an aromatic ring is 1. The smallest absolute Gasteiger partial charge is 0.189 e. The summed E-state index contributed by atoms with van der Waals surface area (Å²) in [5, 5.41) is 6.19. The van der Waals surface area contributed by atoms with Gasteiger partial charge in [0.25, 0.3) is 0 Å². The SMILES string of the molecule is C=C=CNn1[nH]nc(N)c1=S. The molecule has 0 aromatic carbocycles. The Hall–Kier alpha value is -1.52. The Morgan fingerprint density at radius 3 is 3.09 bits per heavy atom. The monoisotopic (exact) mass is 169 g/mol. The molecule has 0 saturated heterocycles. The molecule has 1 heterocycles. The number of nitrogens with zero attached hydrogens (tertiary/aromatic N) is 2. The average molecular weight is 169 g/mol. The summed E-state index contributed by atoms with van der Waals surface area (Å²) in [4.78, 5) is 1.38. The first kappa shape index (κ1) is 7.59. The van der Waals surface area contributed by atoms with Crippen LogP contribution in [0.2, 0.25) is 0 Å². The molecular weight excluding hydrogens is 162 g/mol. The number of rotatable bonds is 2. The Labute approximate surface area is 68.2 Å². The van der Waals surface area contributed by atoms with Gasteiger partial charge in [-0.1, -0.05) is 18.8 Å². The van der Waals surface area contributed by atoms with Crippen LogP contribution in [-0.4, -0.2) is 15.1 Å². The minimum Gasteiger partial charge on any atom is -0.380 e. The molecule has 0 bridgehead atoms. The molecule has 0 spiro atoms. The summed E-state index contributed by atoms with van der Waals surface area (Å²) in [5.41, 5.74) is 10.6. The third-order valence-corrected chi connectivity index (χ3v) is 1.38. The molecule has 0 fully saturated rings. The normalized spacial score (nSPS) is 8.73. The van der Waals surface area contributed by atoms with Crippen LogP contribution in [-0.2, 0) is 0 Å². The van der Waals surface area contributed by atoms with E-state index in [0.717, 1.165) is 0 Å². The Bertz CT molecular complexity index is 342. The third kappa shape index (κ3) is 1.49. The van der Waals surface area contributed by atoms with Crippen LogP contribution in [0.4, 0.5) is 5.82 Å². The largest absolute Gasteiger partial charge is 0.380 e. The van der Waals surface area contributed by atoms with E-state index in [9.17, 15) is 0 Å². The molecule has 0 aliphatic heterocycles. The molecule has 0 unspecified atom stereocenters. The summed E-state index contributed by atoms with van der Waals surface area (Å²) < 4.78 is 0.400. The topological polar surface area (TPSA) is 71.7 Å². The molecule has 0 aliphatic carbocycles. The van der Waals surface area contributed by atoms with Gasteiger partial charge in [-0.3, -0.25) is 5.43 Å². The van der Waals surface area contributed by atoms with Gasteiger partial charge in [0.05, 0.1) is 6.20 Å². The highest BCUT2D eigenvalue weighted by Crippen LogP contribution is 1.95. The van der Waals surface area contributed by atoms with Crippen molar-refractivity contribution in [3.8, 4) is 0 Å². The van der Waals surface area contributed by atoms with Crippen LogP contribution in [0.25, 0.3) is 0 Å². The lowest BCUT2D eigenvalue weighted by molar-refractivity contribution is 0.735. The summed E-state index contributed by atoms with van der Waals surface area (Å²) in [7, 11) is 0. The van der Waals surface area contributed by atoms with E-state index in [1.807, 2.05) is 0 Å². The summed E-state index contributed by atoms with van der Waals surface area (Å²) >= 11 is 4.85. The van der Waals surface area contributed by atoms with Crippen LogP contribution in [0.3, 0.4) is 0 Å². The molecule has 11 heavy (non-hydrogen) atoms. The molecular formula is C5H7N5S. The van der Waals surface area contributed by atoms with Crippen LogP contribution >= 0.6 is 12.2 Å². The van der Waals surface area contributed by atoms with Crippen molar-refractivity contribution >= 4 is 18.0 Å².